The van der Waals surface area contributed by atoms with Crippen molar-refractivity contribution in [1.29, 1.82) is 0 Å². The van der Waals surface area contributed by atoms with Crippen LogP contribution in [-0.2, 0) is 6.42 Å². The van der Waals surface area contributed by atoms with E-state index < -0.39 is 0 Å². The minimum Gasteiger partial charge on any atom is -0.313 e. The molecule has 1 fully saturated rings. The monoisotopic (exact) mass is 229 g/mol. The summed E-state index contributed by atoms with van der Waals surface area (Å²) in [5.41, 5.74) is 3.26. The van der Waals surface area contributed by atoms with E-state index in [0.29, 0.717) is 0 Å². The number of benzene rings is 1. The normalized spacial score (nSPS) is 29.4. The molecule has 0 saturated carbocycles. The second-order valence-electron chi connectivity index (χ2n) is 5.61. The Bertz CT molecular complexity index is 366. The molecule has 1 heterocycles. The Morgan fingerprint density at radius 1 is 0.941 bits per heavy atom. The van der Waals surface area contributed by atoms with Gasteiger partial charge in [-0.25, -0.2) is 0 Å². The summed E-state index contributed by atoms with van der Waals surface area (Å²) in [6.07, 6.45) is 9.60. The Morgan fingerprint density at radius 2 is 1.82 bits per heavy atom. The van der Waals surface area contributed by atoms with Crippen molar-refractivity contribution >= 4 is 0 Å². The highest BCUT2D eigenvalue weighted by atomic mass is 14.9. The molecule has 2 aliphatic rings. The quantitative estimate of drug-likeness (QED) is 0.725. The zero-order chi connectivity index (χ0) is 11.5. The average Bonchev–Trinajstić information content (AvgIpc) is 2.62. The van der Waals surface area contributed by atoms with E-state index in [1.165, 1.54) is 51.5 Å². The van der Waals surface area contributed by atoms with Crippen molar-refractivity contribution in [2.45, 2.75) is 56.9 Å². The molecular weight excluding hydrogens is 206 g/mol. The first kappa shape index (κ1) is 11.3. The van der Waals surface area contributed by atoms with Crippen LogP contribution in [0.4, 0.5) is 0 Å². The van der Waals surface area contributed by atoms with Crippen LogP contribution in [0.1, 0.15) is 55.6 Å². The van der Waals surface area contributed by atoms with Gasteiger partial charge in [-0.05, 0) is 55.7 Å². The summed E-state index contributed by atoms with van der Waals surface area (Å²) in [6, 6.07) is 9.89. The average molecular weight is 229 g/mol. The van der Waals surface area contributed by atoms with Gasteiger partial charge in [-0.15, -0.1) is 0 Å². The molecule has 2 atom stereocenters. The van der Waals surface area contributed by atoms with Crippen LogP contribution in [0.2, 0.25) is 0 Å². The standard InChI is InChI=1S/C16H23N/c1-3-9-14-13(7-1)8-2-4-10-15(14)16-11-5-6-12-17-16/h1,3,7,9,15-17H,2,4-6,8,10-12H2. The fourth-order valence-electron chi connectivity index (χ4n) is 3.60. The summed E-state index contributed by atoms with van der Waals surface area (Å²) in [7, 11) is 0. The third-order valence-electron chi connectivity index (χ3n) is 4.50. The molecule has 0 bridgehead atoms. The molecule has 92 valence electrons. The lowest BCUT2D eigenvalue weighted by Crippen LogP contribution is -2.38. The molecule has 1 nitrogen and oxygen atoms in total. The lowest BCUT2D eigenvalue weighted by Gasteiger charge is -2.32. The zero-order valence-electron chi connectivity index (χ0n) is 10.6. The van der Waals surface area contributed by atoms with E-state index in [1.54, 1.807) is 11.1 Å². The largest absolute Gasteiger partial charge is 0.313 e. The number of nitrogens with one attached hydrogen (secondary N) is 1. The highest BCUT2D eigenvalue weighted by Crippen LogP contribution is 2.35. The number of aryl methyl sites for hydroxylation is 1. The minimum atomic E-state index is 0.739. The van der Waals surface area contributed by atoms with Gasteiger partial charge in [0.25, 0.3) is 0 Å². The van der Waals surface area contributed by atoms with Gasteiger partial charge in [-0.2, -0.15) is 0 Å². The Morgan fingerprint density at radius 3 is 2.71 bits per heavy atom. The second-order valence-corrected chi connectivity index (χ2v) is 5.61. The number of rotatable bonds is 1. The van der Waals surface area contributed by atoms with Gasteiger partial charge in [-0.1, -0.05) is 37.1 Å². The minimum absolute atomic E-state index is 0.739. The summed E-state index contributed by atoms with van der Waals surface area (Å²) in [6.45, 7) is 1.23. The highest BCUT2D eigenvalue weighted by molar-refractivity contribution is 5.32. The van der Waals surface area contributed by atoms with Crippen LogP contribution in [0.3, 0.4) is 0 Å². The maximum absolute atomic E-state index is 3.76. The molecule has 3 rings (SSSR count). The van der Waals surface area contributed by atoms with Gasteiger partial charge >= 0.3 is 0 Å². The van der Waals surface area contributed by atoms with Gasteiger partial charge in [0.1, 0.15) is 0 Å². The van der Waals surface area contributed by atoms with Crippen molar-refractivity contribution in [2.75, 3.05) is 6.54 Å². The SMILES string of the molecule is c1ccc2c(c1)CCCCC2C1CCCCN1. The van der Waals surface area contributed by atoms with E-state index in [0.717, 1.165) is 12.0 Å². The van der Waals surface area contributed by atoms with Gasteiger partial charge in [-0.3, -0.25) is 0 Å². The molecule has 2 unspecified atom stereocenters. The zero-order valence-corrected chi connectivity index (χ0v) is 10.6. The van der Waals surface area contributed by atoms with E-state index in [1.807, 2.05) is 0 Å². The molecule has 1 aromatic carbocycles. The van der Waals surface area contributed by atoms with E-state index in [4.69, 9.17) is 0 Å². The van der Waals surface area contributed by atoms with E-state index in [-0.39, 0.29) is 0 Å². The van der Waals surface area contributed by atoms with Crippen molar-refractivity contribution in [3.8, 4) is 0 Å². The number of piperidine rings is 1. The topological polar surface area (TPSA) is 12.0 Å². The molecule has 1 heteroatoms. The lowest BCUT2D eigenvalue weighted by molar-refractivity contribution is 0.337. The Kier molecular flexibility index (Phi) is 3.46. The van der Waals surface area contributed by atoms with Crippen LogP contribution < -0.4 is 5.32 Å². The molecule has 0 amide bonds. The molecule has 0 aromatic heterocycles. The van der Waals surface area contributed by atoms with Crippen molar-refractivity contribution in [3.63, 3.8) is 0 Å². The van der Waals surface area contributed by atoms with E-state index in [2.05, 4.69) is 29.6 Å². The third-order valence-corrected chi connectivity index (χ3v) is 4.50. The Hall–Kier alpha value is -0.820. The summed E-state index contributed by atoms with van der Waals surface area (Å²) < 4.78 is 0. The molecule has 1 aromatic rings. The Labute approximate surface area is 105 Å². The smallest absolute Gasteiger partial charge is 0.0136 e. The summed E-state index contributed by atoms with van der Waals surface area (Å²) in [5.74, 6) is 0.772. The predicted octanol–water partition coefficient (Wildman–Crippen LogP) is 3.64. The molecule has 0 radical (unpaired) electrons. The lowest BCUT2D eigenvalue weighted by atomic mass is 9.83. The number of fused-ring (bicyclic) bond motifs is 1. The predicted molar refractivity (Wildman–Crippen MR) is 72.4 cm³/mol. The Balaban J connectivity index is 1.88. The third kappa shape index (κ3) is 2.40. The number of hydrogen-bond donors (Lipinski definition) is 1. The maximum atomic E-state index is 3.76. The highest BCUT2D eigenvalue weighted by Gasteiger charge is 2.27. The van der Waals surface area contributed by atoms with Crippen LogP contribution in [0, 0.1) is 0 Å². The summed E-state index contributed by atoms with van der Waals surface area (Å²) in [4.78, 5) is 0. The fourth-order valence-corrected chi connectivity index (χ4v) is 3.60. The van der Waals surface area contributed by atoms with E-state index >= 15 is 0 Å². The van der Waals surface area contributed by atoms with Gasteiger partial charge in [0, 0.05) is 6.04 Å². The van der Waals surface area contributed by atoms with Crippen LogP contribution in [0.25, 0.3) is 0 Å². The van der Waals surface area contributed by atoms with E-state index in [9.17, 15) is 0 Å². The molecule has 1 aliphatic heterocycles. The first-order valence-electron chi connectivity index (χ1n) is 7.26. The fraction of sp³-hybridized carbons (Fsp3) is 0.625. The van der Waals surface area contributed by atoms with Gasteiger partial charge in [0.05, 0.1) is 0 Å². The molecular formula is C16H23N. The molecule has 1 saturated heterocycles. The van der Waals surface area contributed by atoms with Crippen molar-refractivity contribution in [1.82, 2.24) is 5.32 Å². The molecule has 0 spiro atoms. The van der Waals surface area contributed by atoms with Crippen LogP contribution in [0.5, 0.6) is 0 Å². The first-order chi connectivity index (χ1) is 8.45. The van der Waals surface area contributed by atoms with Gasteiger partial charge < -0.3 is 5.32 Å². The molecule has 1 N–H and O–H groups in total. The van der Waals surface area contributed by atoms with Crippen molar-refractivity contribution in [2.24, 2.45) is 0 Å². The molecule has 1 aliphatic carbocycles. The van der Waals surface area contributed by atoms with Crippen molar-refractivity contribution in [3.05, 3.63) is 35.4 Å². The summed E-state index contributed by atoms with van der Waals surface area (Å²) in [5, 5.41) is 3.76. The maximum Gasteiger partial charge on any atom is 0.0136 e. The van der Waals surface area contributed by atoms with Gasteiger partial charge in [0.2, 0.25) is 0 Å². The first-order valence-corrected chi connectivity index (χ1v) is 7.26. The van der Waals surface area contributed by atoms with Gasteiger partial charge in [0.15, 0.2) is 0 Å². The van der Waals surface area contributed by atoms with Crippen molar-refractivity contribution < 1.29 is 0 Å². The second kappa shape index (κ2) is 5.22. The van der Waals surface area contributed by atoms with Crippen LogP contribution in [0.15, 0.2) is 24.3 Å². The number of hydrogen-bond acceptors (Lipinski definition) is 1. The molecule has 17 heavy (non-hydrogen) atoms. The van der Waals surface area contributed by atoms with Crippen LogP contribution in [-0.4, -0.2) is 12.6 Å². The summed E-state index contributed by atoms with van der Waals surface area (Å²) >= 11 is 0. The van der Waals surface area contributed by atoms with Crippen LogP contribution >= 0.6 is 0 Å².